The van der Waals surface area contributed by atoms with E-state index in [1.54, 1.807) is 19.6 Å². The minimum absolute atomic E-state index is 0.209. The molecule has 4 heterocycles. The van der Waals surface area contributed by atoms with Gasteiger partial charge >= 0.3 is 0 Å². The SMILES string of the molecule is COc1cccc(CN2CCC3(CC2)OCCc2cn[nH]c23)c1OCCn1ccnc1. The first-order valence-corrected chi connectivity index (χ1v) is 10.9. The number of benzene rings is 1. The van der Waals surface area contributed by atoms with Crippen LogP contribution >= 0.6 is 0 Å². The topological polar surface area (TPSA) is 77.4 Å². The van der Waals surface area contributed by atoms with Crippen LogP contribution in [0.2, 0.25) is 0 Å². The summed E-state index contributed by atoms with van der Waals surface area (Å²) in [4.78, 5) is 6.55. The molecule has 1 fully saturated rings. The number of likely N-dealkylation sites (tertiary alicyclic amines) is 1. The molecule has 0 radical (unpaired) electrons. The molecule has 8 heteroatoms. The zero-order chi connectivity index (χ0) is 21.1. The predicted octanol–water partition coefficient (Wildman–Crippen LogP) is 2.76. The van der Waals surface area contributed by atoms with Gasteiger partial charge in [-0.1, -0.05) is 12.1 Å². The number of nitrogens with one attached hydrogen (secondary N) is 1. The highest BCUT2D eigenvalue weighted by Crippen LogP contribution is 2.41. The summed E-state index contributed by atoms with van der Waals surface area (Å²) in [6.07, 6.45) is 10.3. The van der Waals surface area contributed by atoms with Crippen molar-refractivity contribution in [3.63, 3.8) is 0 Å². The third-order valence-electron chi connectivity index (χ3n) is 6.42. The molecule has 0 amide bonds. The minimum atomic E-state index is -0.209. The minimum Gasteiger partial charge on any atom is -0.493 e. The van der Waals surface area contributed by atoms with E-state index in [0.29, 0.717) is 6.61 Å². The fraction of sp³-hybridized carbons (Fsp3) is 0.478. The van der Waals surface area contributed by atoms with Crippen molar-refractivity contribution in [3.05, 3.63) is 59.9 Å². The third kappa shape index (κ3) is 4.05. The lowest BCUT2D eigenvalue weighted by Gasteiger charge is -2.43. The summed E-state index contributed by atoms with van der Waals surface area (Å²) < 4.78 is 20.1. The van der Waals surface area contributed by atoms with Crippen LogP contribution in [0.5, 0.6) is 11.5 Å². The Labute approximate surface area is 182 Å². The van der Waals surface area contributed by atoms with Gasteiger partial charge in [0.15, 0.2) is 11.5 Å². The Morgan fingerprint density at radius 2 is 2.16 bits per heavy atom. The number of fused-ring (bicyclic) bond motifs is 2. The van der Waals surface area contributed by atoms with Gasteiger partial charge in [0.2, 0.25) is 0 Å². The molecule has 2 aliphatic rings. The maximum Gasteiger partial charge on any atom is 0.165 e. The van der Waals surface area contributed by atoms with Gasteiger partial charge in [-0.05, 0) is 30.9 Å². The number of imidazole rings is 1. The van der Waals surface area contributed by atoms with Crippen LogP contribution in [0.25, 0.3) is 0 Å². The van der Waals surface area contributed by atoms with E-state index in [9.17, 15) is 0 Å². The molecule has 0 bridgehead atoms. The van der Waals surface area contributed by atoms with Crippen LogP contribution in [0.1, 0.15) is 29.7 Å². The molecule has 164 valence electrons. The molecule has 31 heavy (non-hydrogen) atoms. The normalized spacial score (nSPS) is 18.1. The van der Waals surface area contributed by atoms with Crippen molar-refractivity contribution >= 4 is 0 Å². The van der Waals surface area contributed by atoms with Crippen molar-refractivity contribution in [2.75, 3.05) is 33.4 Å². The summed E-state index contributed by atoms with van der Waals surface area (Å²) in [6.45, 7) is 4.83. The summed E-state index contributed by atoms with van der Waals surface area (Å²) in [5.74, 6) is 1.60. The van der Waals surface area contributed by atoms with Crippen LogP contribution in [0.3, 0.4) is 0 Å². The molecule has 2 aromatic heterocycles. The van der Waals surface area contributed by atoms with Crippen LogP contribution < -0.4 is 9.47 Å². The molecular weight excluding hydrogens is 394 g/mol. The second-order valence-corrected chi connectivity index (χ2v) is 8.24. The molecule has 3 aromatic rings. The Balaban J connectivity index is 1.25. The highest BCUT2D eigenvalue weighted by Gasteiger charge is 2.42. The Kier molecular flexibility index (Phi) is 5.65. The number of piperidine rings is 1. The summed E-state index contributed by atoms with van der Waals surface area (Å²) in [7, 11) is 1.69. The van der Waals surface area contributed by atoms with Crippen molar-refractivity contribution in [2.24, 2.45) is 0 Å². The van der Waals surface area contributed by atoms with Crippen molar-refractivity contribution in [2.45, 2.75) is 38.0 Å². The first kappa shape index (κ1) is 20.1. The maximum atomic E-state index is 6.29. The molecule has 0 unspecified atom stereocenters. The smallest absolute Gasteiger partial charge is 0.165 e. The highest BCUT2D eigenvalue weighted by molar-refractivity contribution is 5.46. The summed E-state index contributed by atoms with van der Waals surface area (Å²) >= 11 is 0. The Hall–Kier alpha value is -2.84. The first-order valence-electron chi connectivity index (χ1n) is 10.9. The second kappa shape index (κ2) is 8.72. The molecule has 0 aliphatic carbocycles. The molecule has 2 aliphatic heterocycles. The van der Waals surface area contributed by atoms with E-state index in [1.807, 2.05) is 29.1 Å². The second-order valence-electron chi connectivity index (χ2n) is 8.24. The quantitative estimate of drug-likeness (QED) is 0.630. The molecule has 8 nitrogen and oxygen atoms in total. The van der Waals surface area contributed by atoms with Crippen LogP contribution in [0, 0.1) is 0 Å². The molecule has 1 aromatic carbocycles. The molecule has 1 N–H and O–H groups in total. The number of methoxy groups -OCH3 is 1. The van der Waals surface area contributed by atoms with Crippen LogP contribution in [0.15, 0.2) is 43.1 Å². The molecule has 5 rings (SSSR count). The van der Waals surface area contributed by atoms with Gasteiger partial charge in [-0.15, -0.1) is 0 Å². The molecule has 1 spiro atoms. The van der Waals surface area contributed by atoms with Crippen molar-refractivity contribution < 1.29 is 14.2 Å². The Morgan fingerprint density at radius 1 is 1.26 bits per heavy atom. The lowest BCUT2D eigenvalue weighted by Crippen LogP contribution is -2.46. The average Bonchev–Trinajstić information content (AvgIpc) is 3.49. The van der Waals surface area contributed by atoms with Gasteiger partial charge in [0.25, 0.3) is 0 Å². The number of aromatic amines is 1. The zero-order valence-electron chi connectivity index (χ0n) is 17.9. The maximum absolute atomic E-state index is 6.29. The van der Waals surface area contributed by atoms with Gasteiger partial charge in [0.05, 0.1) is 38.5 Å². The molecule has 0 atom stereocenters. The van der Waals surface area contributed by atoms with E-state index in [1.165, 1.54) is 11.3 Å². The lowest BCUT2D eigenvalue weighted by atomic mass is 9.83. The number of H-pyrrole nitrogens is 1. The summed E-state index contributed by atoms with van der Waals surface area (Å²) in [6, 6.07) is 6.11. The van der Waals surface area contributed by atoms with E-state index in [-0.39, 0.29) is 5.60 Å². The summed E-state index contributed by atoms with van der Waals surface area (Å²) in [5, 5.41) is 7.47. The van der Waals surface area contributed by atoms with Crippen LogP contribution in [-0.4, -0.2) is 58.1 Å². The Morgan fingerprint density at radius 3 is 2.97 bits per heavy atom. The first-order chi connectivity index (χ1) is 15.3. The fourth-order valence-corrected chi connectivity index (χ4v) is 4.71. The van der Waals surface area contributed by atoms with Gasteiger partial charge in [0.1, 0.15) is 12.2 Å². The standard InChI is InChI=1S/C23H29N5O3/c1-29-20-4-2-3-19(21(20)30-14-12-28-11-8-24-17-28)16-27-9-6-23(7-10-27)22-18(5-13-31-23)15-25-26-22/h2-4,8,11,15,17H,5-7,9-10,12-14,16H2,1H3,(H,25,26). The number of nitrogens with zero attached hydrogens (tertiary/aromatic N) is 4. The van der Waals surface area contributed by atoms with Crippen LogP contribution in [-0.2, 0) is 29.8 Å². The number of hydrogen-bond acceptors (Lipinski definition) is 6. The number of rotatable bonds is 7. The van der Waals surface area contributed by atoms with Gasteiger partial charge in [-0.2, -0.15) is 5.10 Å². The number of ether oxygens (including phenoxy) is 3. The van der Waals surface area contributed by atoms with E-state index < -0.39 is 0 Å². The highest BCUT2D eigenvalue weighted by atomic mass is 16.5. The van der Waals surface area contributed by atoms with Crippen molar-refractivity contribution in [1.82, 2.24) is 24.6 Å². The predicted molar refractivity (Wildman–Crippen MR) is 115 cm³/mol. The average molecular weight is 424 g/mol. The van der Waals surface area contributed by atoms with Gasteiger partial charge in [-0.25, -0.2) is 4.98 Å². The van der Waals surface area contributed by atoms with Gasteiger partial charge < -0.3 is 18.8 Å². The van der Waals surface area contributed by atoms with Gasteiger partial charge in [-0.3, -0.25) is 10.00 Å². The van der Waals surface area contributed by atoms with Crippen molar-refractivity contribution in [1.29, 1.82) is 0 Å². The number of para-hydroxylation sites is 1. The lowest BCUT2D eigenvalue weighted by molar-refractivity contribution is -0.102. The molecule has 1 saturated heterocycles. The number of hydrogen-bond donors (Lipinski definition) is 1. The van der Waals surface area contributed by atoms with E-state index in [4.69, 9.17) is 14.2 Å². The monoisotopic (exact) mass is 423 g/mol. The van der Waals surface area contributed by atoms with Crippen LogP contribution in [0.4, 0.5) is 0 Å². The molecule has 0 saturated carbocycles. The van der Waals surface area contributed by atoms with E-state index >= 15 is 0 Å². The third-order valence-corrected chi connectivity index (χ3v) is 6.42. The van der Waals surface area contributed by atoms with Crippen molar-refractivity contribution in [3.8, 4) is 11.5 Å². The largest absolute Gasteiger partial charge is 0.493 e. The van der Waals surface area contributed by atoms with E-state index in [2.05, 4.69) is 26.1 Å². The summed E-state index contributed by atoms with van der Waals surface area (Å²) in [5.41, 5.74) is 3.43. The zero-order valence-corrected chi connectivity index (χ0v) is 17.9. The number of aromatic nitrogens is 4. The fourth-order valence-electron chi connectivity index (χ4n) is 4.71. The van der Waals surface area contributed by atoms with Gasteiger partial charge in [0, 0.05) is 37.6 Å². The van der Waals surface area contributed by atoms with E-state index in [0.717, 1.165) is 69.1 Å². The Bertz CT molecular complexity index is 993. The molecular formula is C23H29N5O3.